The third kappa shape index (κ3) is 4.31. The Morgan fingerprint density at radius 2 is 1.86 bits per heavy atom. The van der Waals surface area contributed by atoms with Crippen LogP contribution < -0.4 is 4.74 Å². The summed E-state index contributed by atoms with van der Waals surface area (Å²) in [5.74, 6) is -0.402. The molecule has 21 heavy (non-hydrogen) atoms. The third-order valence-corrected chi connectivity index (χ3v) is 3.34. The van der Waals surface area contributed by atoms with E-state index >= 15 is 0 Å². The van der Waals surface area contributed by atoms with Gasteiger partial charge in [0, 0.05) is 11.4 Å². The van der Waals surface area contributed by atoms with E-state index in [4.69, 9.17) is 27.9 Å². The molecule has 0 aromatic heterocycles. The second-order valence-electron chi connectivity index (χ2n) is 4.38. The summed E-state index contributed by atoms with van der Waals surface area (Å²) in [6, 6.07) is 12.4. The van der Waals surface area contributed by atoms with E-state index in [2.05, 4.69) is 0 Å². The van der Waals surface area contributed by atoms with Crippen LogP contribution in [0.1, 0.15) is 22.3 Å². The van der Waals surface area contributed by atoms with Gasteiger partial charge >= 0.3 is 5.97 Å². The highest BCUT2D eigenvalue weighted by atomic mass is 35.5. The van der Waals surface area contributed by atoms with Crippen molar-refractivity contribution in [2.75, 3.05) is 0 Å². The van der Waals surface area contributed by atoms with Gasteiger partial charge in [0.05, 0.1) is 10.6 Å². The van der Waals surface area contributed by atoms with Gasteiger partial charge in [-0.25, -0.2) is 0 Å². The Hall–Kier alpha value is -1.84. The number of ether oxygens (including phenoxy) is 1. The molecule has 0 saturated heterocycles. The van der Waals surface area contributed by atoms with Gasteiger partial charge in [0.15, 0.2) is 12.0 Å². The van der Waals surface area contributed by atoms with Crippen LogP contribution >= 0.6 is 23.2 Å². The summed E-state index contributed by atoms with van der Waals surface area (Å²) in [6.07, 6.45) is 1.31. The number of hydrogen-bond donors (Lipinski definition) is 0. The Labute approximate surface area is 132 Å². The van der Waals surface area contributed by atoms with E-state index < -0.39 is 5.97 Å². The molecule has 0 fully saturated rings. The molecule has 2 aromatic carbocycles. The fourth-order valence-corrected chi connectivity index (χ4v) is 2.38. The molecule has 0 aliphatic rings. The lowest BCUT2D eigenvalue weighted by molar-refractivity contribution is -0.134. The number of aryl methyl sites for hydroxylation is 1. The normalized spacial score (nSPS) is 10.2. The highest BCUT2D eigenvalue weighted by molar-refractivity contribution is 6.36. The van der Waals surface area contributed by atoms with Crippen LogP contribution in [-0.4, -0.2) is 12.3 Å². The lowest BCUT2D eigenvalue weighted by Crippen LogP contribution is -2.10. The number of benzene rings is 2. The second kappa shape index (κ2) is 7.25. The molecule has 2 aromatic rings. The Kier molecular flexibility index (Phi) is 5.37. The van der Waals surface area contributed by atoms with Crippen molar-refractivity contribution in [2.45, 2.75) is 12.8 Å². The van der Waals surface area contributed by atoms with Crippen molar-refractivity contribution in [1.29, 1.82) is 0 Å². The van der Waals surface area contributed by atoms with Crippen LogP contribution in [0.3, 0.4) is 0 Å². The highest BCUT2D eigenvalue weighted by Gasteiger charge is 2.14. The summed E-state index contributed by atoms with van der Waals surface area (Å²) in [4.78, 5) is 22.8. The van der Waals surface area contributed by atoms with E-state index in [1.54, 1.807) is 0 Å². The topological polar surface area (TPSA) is 43.4 Å². The second-order valence-corrected chi connectivity index (χ2v) is 5.23. The molecule has 0 heterocycles. The first-order chi connectivity index (χ1) is 10.1. The van der Waals surface area contributed by atoms with E-state index in [1.807, 2.05) is 30.3 Å². The van der Waals surface area contributed by atoms with Gasteiger partial charge < -0.3 is 4.74 Å². The summed E-state index contributed by atoms with van der Waals surface area (Å²) in [6.45, 7) is 0. The zero-order valence-corrected chi connectivity index (χ0v) is 12.5. The first kappa shape index (κ1) is 15.5. The fraction of sp³-hybridized carbons (Fsp3) is 0.125. The van der Waals surface area contributed by atoms with Crippen LogP contribution in [0.25, 0.3) is 0 Å². The van der Waals surface area contributed by atoms with Crippen LogP contribution in [0.15, 0.2) is 42.5 Å². The third-order valence-electron chi connectivity index (χ3n) is 2.84. The maximum absolute atomic E-state index is 11.9. The summed E-state index contributed by atoms with van der Waals surface area (Å²) in [5.41, 5.74) is 1.19. The van der Waals surface area contributed by atoms with Crippen molar-refractivity contribution in [3.63, 3.8) is 0 Å². The van der Waals surface area contributed by atoms with Crippen LogP contribution in [0.5, 0.6) is 5.75 Å². The van der Waals surface area contributed by atoms with Crippen molar-refractivity contribution >= 4 is 35.5 Å². The average molecular weight is 323 g/mol. The molecule has 3 nitrogen and oxygen atoms in total. The molecule has 0 radical (unpaired) electrons. The van der Waals surface area contributed by atoms with Gasteiger partial charge in [-0.05, 0) is 24.1 Å². The predicted molar refractivity (Wildman–Crippen MR) is 82.2 cm³/mol. The molecule has 108 valence electrons. The number of aldehydes is 1. The maximum Gasteiger partial charge on any atom is 0.311 e. The molecule has 0 aliphatic carbocycles. The molecule has 0 unspecified atom stereocenters. The molecule has 0 amide bonds. The molecular weight excluding hydrogens is 311 g/mol. The number of hydrogen-bond acceptors (Lipinski definition) is 3. The molecule has 0 atom stereocenters. The Balaban J connectivity index is 2.04. The monoisotopic (exact) mass is 322 g/mol. The smallest absolute Gasteiger partial charge is 0.311 e. The predicted octanol–water partition coefficient (Wildman–Crippen LogP) is 4.34. The largest absolute Gasteiger partial charge is 0.424 e. The number of halogens is 2. The standard InChI is InChI=1S/C16H12Cl2O3/c17-13-8-12(10-19)16(14(18)9-13)21-15(20)7-6-11-4-2-1-3-5-11/h1-5,8-10H,6-7H2. The quantitative estimate of drug-likeness (QED) is 0.467. The van der Waals surface area contributed by atoms with E-state index in [9.17, 15) is 9.59 Å². The molecular formula is C16H12Cl2O3. The number of carbonyl (C=O) groups is 2. The van der Waals surface area contributed by atoms with Crippen molar-refractivity contribution in [3.8, 4) is 5.75 Å². The summed E-state index contributed by atoms with van der Waals surface area (Å²) in [7, 11) is 0. The van der Waals surface area contributed by atoms with Crippen molar-refractivity contribution in [1.82, 2.24) is 0 Å². The van der Waals surface area contributed by atoms with Gasteiger partial charge in [-0.1, -0.05) is 53.5 Å². The maximum atomic E-state index is 11.9. The zero-order valence-electron chi connectivity index (χ0n) is 11.0. The summed E-state index contributed by atoms with van der Waals surface area (Å²) < 4.78 is 5.18. The van der Waals surface area contributed by atoms with Crippen molar-refractivity contribution in [3.05, 3.63) is 63.6 Å². The lowest BCUT2D eigenvalue weighted by atomic mass is 10.1. The number of rotatable bonds is 5. The van der Waals surface area contributed by atoms with Crippen molar-refractivity contribution < 1.29 is 14.3 Å². The van der Waals surface area contributed by atoms with Crippen LogP contribution in [-0.2, 0) is 11.2 Å². The minimum atomic E-state index is -0.453. The SMILES string of the molecule is O=Cc1cc(Cl)cc(Cl)c1OC(=O)CCc1ccccc1. The van der Waals surface area contributed by atoms with E-state index in [-0.39, 0.29) is 22.8 Å². The Bertz CT molecular complexity index is 654. The van der Waals surface area contributed by atoms with Gasteiger partial charge in [0.1, 0.15) is 0 Å². The number of carbonyl (C=O) groups excluding carboxylic acids is 2. The fourth-order valence-electron chi connectivity index (χ4n) is 1.83. The Morgan fingerprint density at radius 1 is 1.14 bits per heavy atom. The van der Waals surface area contributed by atoms with Gasteiger partial charge in [0.25, 0.3) is 0 Å². The highest BCUT2D eigenvalue weighted by Crippen LogP contribution is 2.31. The molecule has 5 heteroatoms. The molecule has 0 bridgehead atoms. The van der Waals surface area contributed by atoms with Gasteiger partial charge in [-0.2, -0.15) is 0 Å². The van der Waals surface area contributed by atoms with E-state index in [1.165, 1.54) is 12.1 Å². The van der Waals surface area contributed by atoms with E-state index in [0.29, 0.717) is 17.7 Å². The zero-order chi connectivity index (χ0) is 15.2. The first-order valence-electron chi connectivity index (χ1n) is 6.29. The van der Waals surface area contributed by atoms with Crippen molar-refractivity contribution in [2.24, 2.45) is 0 Å². The molecule has 0 aliphatic heterocycles. The van der Waals surface area contributed by atoms with Crippen LogP contribution in [0.2, 0.25) is 10.0 Å². The summed E-state index contributed by atoms with van der Waals surface area (Å²) in [5, 5.41) is 0.448. The van der Waals surface area contributed by atoms with Crippen LogP contribution in [0.4, 0.5) is 0 Å². The summed E-state index contributed by atoms with van der Waals surface area (Å²) >= 11 is 11.7. The first-order valence-corrected chi connectivity index (χ1v) is 7.04. The minimum Gasteiger partial charge on any atom is -0.424 e. The Morgan fingerprint density at radius 3 is 2.52 bits per heavy atom. The van der Waals surface area contributed by atoms with Gasteiger partial charge in [-0.15, -0.1) is 0 Å². The number of esters is 1. The molecule has 0 spiro atoms. The molecule has 2 rings (SSSR count). The van der Waals surface area contributed by atoms with Gasteiger partial charge in [-0.3, -0.25) is 9.59 Å². The average Bonchev–Trinajstić information content (AvgIpc) is 2.48. The minimum absolute atomic E-state index is 0.0501. The van der Waals surface area contributed by atoms with E-state index in [0.717, 1.165) is 5.56 Å². The van der Waals surface area contributed by atoms with Crippen LogP contribution in [0, 0.1) is 0 Å². The lowest BCUT2D eigenvalue weighted by Gasteiger charge is -2.09. The molecule has 0 N–H and O–H groups in total. The molecule has 0 saturated carbocycles. The van der Waals surface area contributed by atoms with Gasteiger partial charge in [0.2, 0.25) is 0 Å².